The van der Waals surface area contributed by atoms with Crippen LogP contribution in [-0.4, -0.2) is 49.1 Å². The molecule has 0 aliphatic carbocycles. The van der Waals surface area contributed by atoms with Crippen molar-refractivity contribution in [3.05, 3.63) is 34.9 Å². The van der Waals surface area contributed by atoms with E-state index in [-0.39, 0.29) is 24.8 Å². The summed E-state index contributed by atoms with van der Waals surface area (Å²) in [4.78, 5) is 25.0. The van der Waals surface area contributed by atoms with Crippen molar-refractivity contribution >= 4 is 11.8 Å². The van der Waals surface area contributed by atoms with Crippen LogP contribution in [0.15, 0.2) is 18.2 Å². The highest BCUT2D eigenvalue weighted by Gasteiger charge is 2.13. The van der Waals surface area contributed by atoms with Crippen molar-refractivity contribution < 1.29 is 14.7 Å². The van der Waals surface area contributed by atoms with Gasteiger partial charge in [0.05, 0.1) is 0 Å². The summed E-state index contributed by atoms with van der Waals surface area (Å²) >= 11 is 0. The van der Waals surface area contributed by atoms with Gasteiger partial charge >= 0.3 is 0 Å². The minimum atomic E-state index is -0.219. The third-order valence-corrected chi connectivity index (χ3v) is 2.94. The molecule has 0 heterocycles. The Labute approximate surface area is 125 Å². The summed E-state index contributed by atoms with van der Waals surface area (Å²) in [5.74, 6) is 5.10. The predicted molar refractivity (Wildman–Crippen MR) is 80.8 cm³/mol. The van der Waals surface area contributed by atoms with Crippen molar-refractivity contribution in [2.75, 3.05) is 27.2 Å². The highest BCUT2D eigenvalue weighted by atomic mass is 16.2. The largest absolute Gasteiger partial charge is 0.384 e. The fourth-order valence-electron chi connectivity index (χ4n) is 1.84. The van der Waals surface area contributed by atoms with Gasteiger partial charge in [-0.25, -0.2) is 0 Å². The molecule has 0 fully saturated rings. The van der Waals surface area contributed by atoms with Crippen molar-refractivity contribution in [2.24, 2.45) is 0 Å². The molecule has 5 heteroatoms. The molecule has 0 spiro atoms. The van der Waals surface area contributed by atoms with E-state index >= 15 is 0 Å². The minimum absolute atomic E-state index is 0.103. The Kier molecular flexibility index (Phi) is 6.44. The van der Waals surface area contributed by atoms with Gasteiger partial charge in [-0.2, -0.15) is 0 Å². The highest BCUT2D eigenvalue weighted by molar-refractivity contribution is 5.95. The van der Waals surface area contributed by atoms with Crippen LogP contribution in [0, 0.1) is 18.8 Å². The lowest BCUT2D eigenvalue weighted by Crippen LogP contribution is -2.31. The van der Waals surface area contributed by atoms with Crippen molar-refractivity contribution in [1.82, 2.24) is 10.2 Å². The first-order chi connectivity index (χ1) is 9.97. The van der Waals surface area contributed by atoms with Crippen LogP contribution < -0.4 is 5.32 Å². The van der Waals surface area contributed by atoms with Crippen LogP contribution in [0.1, 0.15) is 27.9 Å². The first kappa shape index (κ1) is 16.7. The van der Waals surface area contributed by atoms with Crippen molar-refractivity contribution in [2.45, 2.75) is 13.3 Å². The van der Waals surface area contributed by atoms with Crippen LogP contribution in [0.5, 0.6) is 0 Å². The number of nitrogens with zero attached hydrogens (tertiary/aromatic N) is 1. The monoisotopic (exact) mass is 288 g/mol. The molecule has 1 rings (SSSR count). The van der Waals surface area contributed by atoms with E-state index in [4.69, 9.17) is 5.11 Å². The molecule has 21 heavy (non-hydrogen) atoms. The fraction of sp³-hybridized carbons (Fsp3) is 0.375. The number of carbonyl (C=O) groups excluding carboxylic acids is 2. The molecule has 0 aromatic heterocycles. The van der Waals surface area contributed by atoms with E-state index in [9.17, 15) is 9.59 Å². The maximum Gasteiger partial charge on any atom is 0.253 e. The van der Waals surface area contributed by atoms with Gasteiger partial charge in [-0.05, 0) is 30.7 Å². The third kappa shape index (κ3) is 5.28. The second kappa shape index (κ2) is 8.08. The normalized spacial score (nSPS) is 9.52. The fourth-order valence-corrected chi connectivity index (χ4v) is 1.84. The lowest BCUT2D eigenvalue weighted by Gasteiger charge is -2.17. The molecular formula is C16H20N2O3. The maximum atomic E-state index is 12.3. The minimum Gasteiger partial charge on any atom is -0.384 e. The van der Waals surface area contributed by atoms with E-state index in [1.54, 1.807) is 26.2 Å². The van der Waals surface area contributed by atoms with Gasteiger partial charge in [0.1, 0.15) is 6.61 Å². The summed E-state index contributed by atoms with van der Waals surface area (Å²) in [5, 5.41) is 11.2. The van der Waals surface area contributed by atoms with Gasteiger partial charge in [-0.15, -0.1) is 0 Å². The molecular weight excluding hydrogens is 268 g/mol. The first-order valence-corrected chi connectivity index (χ1v) is 6.65. The van der Waals surface area contributed by atoms with Crippen molar-refractivity contribution in [3.63, 3.8) is 0 Å². The van der Waals surface area contributed by atoms with Crippen molar-refractivity contribution in [1.29, 1.82) is 0 Å². The van der Waals surface area contributed by atoms with E-state index in [2.05, 4.69) is 17.2 Å². The van der Waals surface area contributed by atoms with Gasteiger partial charge in [0.2, 0.25) is 5.91 Å². The van der Waals surface area contributed by atoms with Crippen LogP contribution in [0.2, 0.25) is 0 Å². The van der Waals surface area contributed by atoms with E-state index in [0.717, 1.165) is 5.56 Å². The number of aliphatic hydroxyl groups is 1. The third-order valence-electron chi connectivity index (χ3n) is 2.94. The lowest BCUT2D eigenvalue weighted by atomic mass is 10.1. The highest BCUT2D eigenvalue weighted by Crippen LogP contribution is 2.11. The molecule has 0 aliphatic rings. The summed E-state index contributed by atoms with van der Waals surface area (Å²) in [6.45, 7) is 2.01. The molecule has 1 aromatic carbocycles. The van der Waals surface area contributed by atoms with E-state index in [0.29, 0.717) is 17.7 Å². The Hall–Kier alpha value is -2.32. The number of hydrogen-bond acceptors (Lipinski definition) is 3. The predicted octanol–water partition coefficient (Wildman–Crippen LogP) is 0.547. The topological polar surface area (TPSA) is 69.6 Å². The number of carbonyl (C=O) groups is 2. The summed E-state index contributed by atoms with van der Waals surface area (Å²) < 4.78 is 0. The molecule has 5 nitrogen and oxygen atoms in total. The zero-order valence-electron chi connectivity index (χ0n) is 12.6. The molecule has 0 unspecified atom stereocenters. The molecule has 112 valence electrons. The number of amides is 2. The van der Waals surface area contributed by atoms with E-state index < -0.39 is 0 Å². The van der Waals surface area contributed by atoms with E-state index in [1.165, 1.54) is 4.90 Å². The average molecular weight is 288 g/mol. The molecule has 0 saturated heterocycles. The maximum absolute atomic E-state index is 12.3. The van der Waals surface area contributed by atoms with Gasteiger partial charge in [-0.1, -0.05) is 11.8 Å². The zero-order chi connectivity index (χ0) is 15.8. The quantitative estimate of drug-likeness (QED) is 0.795. The summed E-state index contributed by atoms with van der Waals surface area (Å²) in [5.41, 5.74) is 2.13. The van der Waals surface area contributed by atoms with Gasteiger partial charge < -0.3 is 15.3 Å². The molecule has 0 saturated carbocycles. The Morgan fingerprint density at radius 2 is 2.05 bits per heavy atom. The molecule has 0 atom stereocenters. The van der Waals surface area contributed by atoms with Crippen molar-refractivity contribution in [3.8, 4) is 11.8 Å². The molecule has 0 bridgehead atoms. The van der Waals surface area contributed by atoms with Gasteiger partial charge in [0, 0.05) is 38.2 Å². The number of nitrogens with one attached hydrogen (secondary N) is 1. The first-order valence-electron chi connectivity index (χ1n) is 6.65. The van der Waals surface area contributed by atoms with Gasteiger partial charge in [0.25, 0.3) is 5.91 Å². The lowest BCUT2D eigenvalue weighted by molar-refractivity contribution is -0.120. The number of rotatable bonds is 4. The smallest absolute Gasteiger partial charge is 0.253 e. The molecule has 0 radical (unpaired) electrons. The van der Waals surface area contributed by atoms with Gasteiger partial charge in [0.15, 0.2) is 0 Å². The Balaban J connectivity index is 2.86. The molecule has 2 N–H and O–H groups in total. The molecule has 2 amide bonds. The number of benzene rings is 1. The Bertz CT molecular complexity index is 585. The SMILES string of the molecule is CNC(=O)CCN(C)C(=O)c1cc(C)cc(C#CCO)c1. The number of aryl methyl sites for hydroxylation is 1. The van der Waals surface area contributed by atoms with Crippen LogP contribution in [0.3, 0.4) is 0 Å². The Morgan fingerprint density at radius 3 is 2.67 bits per heavy atom. The average Bonchev–Trinajstić information content (AvgIpc) is 2.48. The zero-order valence-corrected chi connectivity index (χ0v) is 12.6. The number of aliphatic hydroxyl groups excluding tert-OH is 1. The van der Waals surface area contributed by atoms with Crippen LogP contribution in [0.25, 0.3) is 0 Å². The van der Waals surface area contributed by atoms with Crippen LogP contribution in [-0.2, 0) is 4.79 Å². The van der Waals surface area contributed by atoms with E-state index in [1.807, 2.05) is 13.0 Å². The second-order valence-corrected chi connectivity index (χ2v) is 4.70. The summed E-state index contributed by atoms with van der Waals surface area (Å²) in [6.07, 6.45) is 0.266. The molecule has 0 aliphatic heterocycles. The second-order valence-electron chi connectivity index (χ2n) is 4.70. The number of hydrogen-bond donors (Lipinski definition) is 2. The summed E-state index contributed by atoms with van der Waals surface area (Å²) in [7, 11) is 3.23. The summed E-state index contributed by atoms with van der Waals surface area (Å²) in [6, 6.07) is 5.32. The standard InChI is InChI=1S/C16H20N2O3/c1-12-9-13(5-4-8-19)11-14(10-12)16(21)18(3)7-6-15(20)17-2/h9-11,19H,6-8H2,1-3H3,(H,17,20). The van der Waals surface area contributed by atoms with Crippen LogP contribution >= 0.6 is 0 Å². The van der Waals surface area contributed by atoms with Gasteiger partial charge in [-0.3, -0.25) is 9.59 Å². The van der Waals surface area contributed by atoms with Crippen LogP contribution in [0.4, 0.5) is 0 Å². The Morgan fingerprint density at radius 1 is 1.33 bits per heavy atom. The molecule has 1 aromatic rings.